The monoisotopic (exact) mass is 532 g/mol. The minimum Gasteiger partial charge on any atom is -0.497 e. The Morgan fingerprint density at radius 2 is 1.68 bits per heavy atom. The van der Waals surface area contributed by atoms with E-state index in [-0.39, 0.29) is 16.6 Å². The van der Waals surface area contributed by atoms with Crippen molar-refractivity contribution in [2.24, 2.45) is 0 Å². The Morgan fingerprint density at radius 3 is 2.30 bits per heavy atom. The first-order chi connectivity index (χ1) is 17.7. The van der Waals surface area contributed by atoms with Gasteiger partial charge < -0.3 is 4.74 Å². The van der Waals surface area contributed by atoms with Crippen LogP contribution in [0.5, 0.6) is 5.75 Å². The summed E-state index contributed by atoms with van der Waals surface area (Å²) in [6.07, 6.45) is 3.03. The topological polar surface area (TPSA) is 85.4 Å². The van der Waals surface area contributed by atoms with Gasteiger partial charge in [0, 0.05) is 17.0 Å². The van der Waals surface area contributed by atoms with Crippen molar-refractivity contribution >= 4 is 38.3 Å². The molecule has 1 heterocycles. The van der Waals surface area contributed by atoms with Gasteiger partial charge in [-0.3, -0.25) is 10.1 Å². The van der Waals surface area contributed by atoms with Crippen molar-refractivity contribution in [2.75, 3.05) is 12.4 Å². The summed E-state index contributed by atoms with van der Waals surface area (Å²) in [4.78, 5) is 17.1. The number of anilines is 1. The highest BCUT2D eigenvalue weighted by atomic mass is 32.2. The van der Waals surface area contributed by atoms with Crippen LogP contribution in [0.25, 0.3) is 17.3 Å². The maximum atomic E-state index is 12.8. The second-order valence-corrected chi connectivity index (χ2v) is 11.7. The molecule has 0 radical (unpaired) electrons. The Hall–Kier alpha value is -3.75. The second-order valence-electron chi connectivity index (χ2n) is 8.81. The summed E-state index contributed by atoms with van der Waals surface area (Å²) in [5.74, 6) is 0.776. The molecular formula is C29H28N2O4S2. The normalized spacial score (nSPS) is 11.7. The van der Waals surface area contributed by atoms with E-state index in [4.69, 9.17) is 4.74 Å². The summed E-state index contributed by atoms with van der Waals surface area (Å²) in [7, 11) is -1.86. The van der Waals surface area contributed by atoms with Crippen LogP contribution in [0, 0.1) is 0 Å². The van der Waals surface area contributed by atoms with Crippen molar-refractivity contribution < 1.29 is 17.9 Å². The Bertz CT molecular complexity index is 1490. The third-order valence-electron chi connectivity index (χ3n) is 5.79. The van der Waals surface area contributed by atoms with Crippen LogP contribution >= 0.6 is 11.3 Å². The first-order valence-corrected chi connectivity index (χ1v) is 14.3. The summed E-state index contributed by atoms with van der Waals surface area (Å²) < 4.78 is 30.9. The fourth-order valence-corrected chi connectivity index (χ4v) is 5.70. The molecule has 3 aromatic carbocycles. The van der Waals surface area contributed by atoms with Crippen molar-refractivity contribution in [3.8, 4) is 17.0 Å². The summed E-state index contributed by atoms with van der Waals surface area (Å²) in [5.41, 5.74) is 4.33. The molecule has 0 saturated heterocycles. The predicted octanol–water partition coefficient (Wildman–Crippen LogP) is 6.57. The van der Waals surface area contributed by atoms with Gasteiger partial charge in [-0.15, -0.1) is 11.3 Å². The molecule has 0 atom stereocenters. The lowest BCUT2D eigenvalue weighted by molar-refractivity contribution is -0.111. The molecule has 6 nitrogen and oxygen atoms in total. The molecule has 0 aliphatic rings. The third-order valence-corrected chi connectivity index (χ3v) is 8.25. The molecule has 1 aromatic heterocycles. The van der Waals surface area contributed by atoms with Crippen molar-refractivity contribution in [2.45, 2.75) is 30.4 Å². The summed E-state index contributed by atoms with van der Waals surface area (Å²) in [5, 5.41) is 5.12. The van der Waals surface area contributed by atoms with Crippen LogP contribution in [0.3, 0.4) is 0 Å². The number of amides is 1. The minimum atomic E-state index is -3.48. The first kappa shape index (κ1) is 26.3. The molecule has 0 spiro atoms. The number of hydrogen-bond donors (Lipinski definition) is 1. The lowest BCUT2D eigenvalue weighted by Gasteiger charge is -2.08. The Morgan fingerprint density at radius 1 is 1.00 bits per heavy atom. The van der Waals surface area contributed by atoms with E-state index in [1.807, 2.05) is 53.9 Å². The number of sulfone groups is 1. The molecule has 1 amide bonds. The third kappa shape index (κ3) is 6.93. The molecule has 8 heteroatoms. The van der Waals surface area contributed by atoms with Gasteiger partial charge in [0.05, 0.1) is 23.5 Å². The number of aromatic nitrogens is 1. The lowest BCUT2D eigenvalue weighted by Crippen LogP contribution is -2.07. The zero-order chi connectivity index (χ0) is 26.4. The van der Waals surface area contributed by atoms with Gasteiger partial charge in [-0.1, -0.05) is 50.2 Å². The highest BCUT2D eigenvalue weighted by Crippen LogP contribution is 2.26. The number of nitrogens with zero attached hydrogens (tertiary/aromatic N) is 1. The average molecular weight is 533 g/mol. The predicted molar refractivity (Wildman–Crippen MR) is 150 cm³/mol. The number of hydrogen-bond acceptors (Lipinski definition) is 6. The quantitative estimate of drug-likeness (QED) is 0.247. The fraction of sp³-hybridized carbons (Fsp3) is 0.172. The van der Waals surface area contributed by atoms with E-state index in [0.717, 1.165) is 22.6 Å². The standard InChI is InChI=1S/C29H28N2O4S2/c1-20(2)23-9-4-22(5-10-23)19-37(33,34)26-15-6-21(7-16-26)8-17-28(32)31-29-30-27(18-36-29)24-11-13-25(35-3)14-12-24/h4-18,20H,19H2,1-3H3,(H,30,31,32)/b17-8+. The highest BCUT2D eigenvalue weighted by molar-refractivity contribution is 7.90. The number of benzene rings is 3. The van der Waals surface area contributed by atoms with Crippen LogP contribution in [0.1, 0.15) is 36.5 Å². The maximum Gasteiger partial charge on any atom is 0.250 e. The van der Waals surface area contributed by atoms with Crippen molar-refractivity contribution in [3.63, 3.8) is 0 Å². The fourth-order valence-electron chi connectivity index (χ4n) is 3.63. The van der Waals surface area contributed by atoms with E-state index in [1.165, 1.54) is 23.0 Å². The zero-order valence-corrected chi connectivity index (χ0v) is 22.5. The number of rotatable bonds is 9. The average Bonchev–Trinajstić information content (AvgIpc) is 3.36. The number of methoxy groups -OCH3 is 1. The van der Waals surface area contributed by atoms with Crippen molar-refractivity contribution in [1.82, 2.24) is 4.98 Å². The van der Waals surface area contributed by atoms with Crippen LogP contribution in [0.4, 0.5) is 5.13 Å². The largest absolute Gasteiger partial charge is 0.497 e. The molecular weight excluding hydrogens is 504 g/mol. The number of ether oxygens (including phenoxy) is 1. The van der Waals surface area contributed by atoms with E-state index >= 15 is 0 Å². The maximum absolute atomic E-state index is 12.8. The Labute approximate surface area is 221 Å². The Balaban J connectivity index is 1.35. The van der Waals surface area contributed by atoms with Gasteiger partial charge in [0.1, 0.15) is 5.75 Å². The van der Waals surface area contributed by atoms with Gasteiger partial charge >= 0.3 is 0 Å². The minimum absolute atomic E-state index is 0.0602. The molecule has 37 heavy (non-hydrogen) atoms. The van der Waals surface area contributed by atoms with Gasteiger partial charge in [0.15, 0.2) is 15.0 Å². The van der Waals surface area contributed by atoms with Gasteiger partial charge in [0.25, 0.3) is 0 Å². The molecule has 0 fully saturated rings. The van der Waals surface area contributed by atoms with Crippen LogP contribution in [0.2, 0.25) is 0 Å². The van der Waals surface area contributed by atoms with E-state index in [9.17, 15) is 13.2 Å². The van der Waals surface area contributed by atoms with Gasteiger partial charge in [-0.2, -0.15) is 0 Å². The van der Waals surface area contributed by atoms with E-state index in [2.05, 4.69) is 24.1 Å². The van der Waals surface area contributed by atoms with Gasteiger partial charge in [-0.05, 0) is 65.1 Å². The number of nitrogens with one attached hydrogen (secondary N) is 1. The van der Waals surface area contributed by atoms with Crippen LogP contribution in [-0.4, -0.2) is 26.4 Å². The summed E-state index contributed by atoms with van der Waals surface area (Å²) in [6.45, 7) is 4.20. The van der Waals surface area contributed by atoms with Crippen LogP contribution in [-0.2, 0) is 20.4 Å². The molecule has 190 valence electrons. The zero-order valence-electron chi connectivity index (χ0n) is 20.8. The van der Waals surface area contributed by atoms with E-state index in [0.29, 0.717) is 16.6 Å². The number of thiazole rings is 1. The van der Waals surface area contributed by atoms with Gasteiger partial charge in [0.2, 0.25) is 5.91 Å². The van der Waals surface area contributed by atoms with Crippen molar-refractivity contribution in [3.05, 3.63) is 101 Å². The van der Waals surface area contributed by atoms with Gasteiger partial charge in [-0.25, -0.2) is 13.4 Å². The van der Waals surface area contributed by atoms with Crippen LogP contribution < -0.4 is 10.1 Å². The van der Waals surface area contributed by atoms with Crippen molar-refractivity contribution in [1.29, 1.82) is 0 Å². The lowest BCUT2D eigenvalue weighted by atomic mass is 10.0. The smallest absolute Gasteiger partial charge is 0.250 e. The molecule has 0 bridgehead atoms. The first-order valence-electron chi connectivity index (χ1n) is 11.7. The summed E-state index contributed by atoms with van der Waals surface area (Å²) >= 11 is 1.34. The number of carbonyl (C=O) groups excluding carboxylic acids is 1. The SMILES string of the molecule is COc1ccc(-c2csc(NC(=O)/C=C/c3ccc(S(=O)(=O)Cc4ccc(C(C)C)cc4)cc3)n2)cc1. The second kappa shape index (κ2) is 11.5. The molecule has 0 aliphatic carbocycles. The van der Waals surface area contributed by atoms with Crippen LogP contribution in [0.15, 0.2) is 89.1 Å². The highest BCUT2D eigenvalue weighted by Gasteiger charge is 2.15. The molecule has 1 N–H and O–H groups in total. The number of carbonyl (C=O) groups is 1. The molecule has 0 unspecified atom stereocenters. The van der Waals surface area contributed by atoms with E-state index in [1.54, 1.807) is 37.5 Å². The summed E-state index contributed by atoms with van der Waals surface area (Å²) in [6, 6.07) is 21.7. The molecule has 0 aliphatic heterocycles. The Kier molecular flexibility index (Phi) is 8.21. The molecule has 4 aromatic rings. The molecule has 0 saturated carbocycles. The van der Waals surface area contributed by atoms with E-state index < -0.39 is 9.84 Å². The molecule has 4 rings (SSSR count).